The van der Waals surface area contributed by atoms with Gasteiger partial charge >= 0.3 is 5.97 Å². The van der Waals surface area contributed by atoms with E-state index in [4.69, 9.17) is 19.2 Å². The van der Waals surface area contributed by atoms with Crippen molar-refractivity contribution in [2.75, 3.05) is 53.1 Å². The third-order valence-corrected chi connectivity index (χ3v) is 4.75. The van der Waals surface area contributed by atoms with E-state index in [1.54, 1.807) is 0 Å². The van der Waals surface area contributed by atoms with Gasteiger partial charge in [-0.15, -0.1) is 24.0 Å². The minimum absolute atomic E-state index is 0. The highest BCUT2D eigenvalue weighted by Gasteiger charge is 2.26. The molecular weight excluding hydrogens is 449 g/mol. The first-order valence-corrected chi connectivity index (χ1v) is 9.55. The number of guanidine groups is 1. The molecule has 0 unspecified atom stereocenters. The van der Waals surface area contributed by atoms with Crippen LogP contribution in [0.4, 0.5) is 0 Å². The highest BCUT2D eigenvalue weighted by molar-refractivity contribution is 14.0. The van der Waals surface area contributed by atoms with Crippen LogP contribution in [0.25, 0.3) is 0 Å². The van der Waals surface area contributed by atoms with Gasteiger partial charge in [0.2, 0.25) is 0 Å². The van der Waals surface area contributed by atoms with Crippen molar-refractivity contribution < 1.29 is 19.0 Å². The number of nitrogens with zero attached hydrogens (tertiary/aromatic N) is 2. The molecule has 8 heteroatoms. The summed E-state index contributed by atoms with van der Waals surface area (Å²) in [5, 5.41) is 3.35. The summed E-state index contributed by atoms with van der Waals surface area (Å²) in [4.78, 5) is 18.6. The third-order valence-electron chi connectivity index (χ3n) is 4.75. The standard InChI is InChI=1S/C18H33N3O4.HI/c1-3-19-18(21-10-5-15(6-11-21)17(22)23-2)20-9-4-12-25-16-7-13-24-14-8-16;/h15-16H,3-14H2,1-2H3,(H,19,20);1H. The molecule has 26 heavy (non-hydrogen) atoms. The number of likely N-dealkylation sites (tertiary alicyclic amines) is 1. The Balaban J connectivity index is 0.00000338. The molecule has 0 amide bonds. The predicted octanol–water partition coefficient (Wildman–Crippen LogP) is 2.04. The number of piperidine rings is 1. The number of hydrogen-bond donors (Lipinski definition) is 1. The van der Waals surface area contributed by atoms with E-state index in [-0.39, 0.29) is 35.9 Å². The quantitative estimate of drug-likeness (QED) is 0.197. The molecule has 2 heterocycles. The van der Waals surface area contributed by atoms with Crippen LogP contribution in [0.15, 0.2) is 4.99 Å². The van der Waals surface area contributed by atoms with Crippen molar-refractivity contribution in [3.05, 3.63) is 0 Å². The van der Waals surface area contributed by atoms with Crippen LogP contribution < -0.4 is 5.32 Å². The monoisotopic (exact) mass is 483 g/mol. The largest absolute Gasteiger partial charge is 0.469 e. The van der Waals surface area contributed by atoms with Crippen LogP contribution in [0.1, 0.15) is 39.0 Å². The Morgan fingerprint density at radius 3 is 2.54 bits per heavy atom. The molecule has 2 aliphatic rings. The molecule has 0 aromatic rings. The second kappa shape index (κ2) is 13.5. The van der Waals surface area contributed by atoms with E-state index in [2.05, 4.69) is 17.1 Å². The molecule has 2 fully saturated rings. The number of carbonyl (C=O) groups is 1. The number of ether oxygens (including phenoxy) is 3. The average molecular weight is 483 g/mol. The van der Waals surface area contributed by atoms with Gasteiger partial charge in [0.1, 0.15) is 0 Å². The van der Waals surface area contributed by atoms with E-state index in [9.17, 15) is 4.79 Å². The maximum atomic E-state index is 11.6. The summed E-state index contributed by atoms with van der Waals surface area (Å²) in [5.41, 5.74) is 0. The number of hydrogen-bond acceptors (Lipinski definition) is 5. The fourth-order valence-corrected chi connectivity index (χ4v) is 3.26. The number of methoxy groups -OCH3 is 1. The molecule has 0 aromatic carbocycles. The summed E-state index contributed by atoms with van der Waals surface area (Å²) in [5.74, 6) is 0.876. The van der Waals surface area contributed by atoms with E-state index in [0.29, 0.717) is 6.10 Å². The first-order valence-electron chi connectivity index (χ1n) is 9.55. The molecule has 0 aliphatic carbocycles. The molecule has 0 radical (unpaired) electrons. The van der Waals surface area contributed by atoms with Crippen molar-refractivity contribution in [2.24, 2.45) is 10.9 Å². The van der Waals surface area contributed by atoms with Gasteiger partial charge in [0.05, 0.1) is 19.1 Å². The fourth-order valence-electron chi connectivity index (χ4n) is 3.26. The SMILES string of the molecule is CCNC(=NCCCOC1CCOCC1)N1CCC(C(=O)OC)CC1.I. The molecule has 0 atom stereocenters. The Morgan fingerprint density at radius 1 is 1.23 bits per heavy atom. The Labute approximate surface area is 174 Å². The van der Waals surface area contributed by atoms with E-state index in [1.165, 1.54) is 7.11 Å². The molecule has 2 saturated heterocycles. The summed E-state index contributed by atoms with van der Waals surface area (Å²) < 4.78 is 16.1. The van der Waals surface area contributed by atoms with Gasteiger partial charge in [0, 0.05) is 46.0 Å². The van der Waals surface area contributed by atoms with E-state index >= 15 is 0 Å². The second-order valence-corrected chi connectivity index (χ2v) is 6.56. The Bertz CT molecular complexity index is 423. The number of halogens is 1. The summed E-state index contributed by atoms with van der Waals surface area (Å²) in [6.45, 7) is 7.72. The van der Waals surface area contributed by atoms with Crippen LogP contribution in [0, 0.1) is 5.92 Å². The summed E-state index contributed by atoms with van der Waals surface area (Å²) >= 11 is 0. The lowest BCUT2D eigenvalue weighted by molar-refractivity contribution is -0.146. The van der Waals surface area contributed by atoms with Crippen molar-refractivity contribution >= 4 is 35.9 Å². The smallest absolute Gasteiger partial charge is 0.308 e. The van der Waals surface area contributed by atoms with Crippen molar-refractivity contribution in [1.29, 1.82) is 0 Å². The van der Waals surface area contributed by atoms with Gasteiger partial charge in [0.25, 0.3) is 0 Å². The maximum absolute atomic E-state index is 11.6. The van der Waals surface area contributed by atoms with Gasteiger partial charge in [-0.2, -0.15) is 0 Å². The first kappa shape index (κ1) is 23.4. The first-order chi connectivity index (χ1) is 12.2. The average Bonchev–Trinajstić information content (AvgIpc) is 2.67. The topological polar surface area (TPSA) is 72.4 Å². The van der Waals surface area contributed by atoms with Crippen LogP contribution in [0.5, 0.6) is 0 Å². The van der Waals surface area contributed by atoms with Crippen molar-refractivity contribution in [3.63, 3.8) is 0 Å². The van der Waals surface area contributed by atoms with Crippen molar-refractivity contribution in [1.82, 2.24) is 10.2 Å². The number of aliphatic imine (C=N–C) groups is 1. The summed E-state index contributed by atoms with van der Waals surface area (Å²) in [6.07, 6.45) is 4.92. The van der Waals surface area contributed by atoms with Crippen LogP contribution in [-0.4, -0.2) is 76.0 Å². The zero-order valence-corrected chi connectivity index (χ0v) is 18.4. The third kappa shape index (κ3) is 7.96. The molecule has 0 saturated carbocycles. The lowest BCUT2D eigenvalue weighted by Gasteiger charge is -2.33. The molecule has 0 spiro atoms. The molecule has 1 N–H and O–H groups in total. The highest BCUT2D eigenvalue weighted by atomic mass is 127. The van der Waals surface area contributed by atoms with Crippen LogP contribution >= 0.6 is 24.0 Å². The number of nitrogens with one attached hydrogen (secondary N) is 1. The van der Waals surface area contributed by atoms with E-state index < -0.39 is 0 Å². The zero-order chi connectivity index (χ0) is 17.9. The molecule has 2 aliphatic heterocycles. The molecule has 0 bridgehead atoms. The van der Waals surface area contributed by atoms with E-state index in [1.807, 2.05) is 0 Å². The second-order valence-electron chi connectivity index (χ2n) is 6.56. The Morgan fingerprint density at radius 2 is 1.92 bits per heavy atom. The van der Waals surface area contributed by atoms with Crippen molar-refractivity contribution in [2.45, 2.75) is 45.1 Å². The van der Waals surface area contributed by atoms with Gasteiger partial charge in [0.15, 0.2) is 5.96 Å². The zero-order valence-electron chi connectivity index (χ0n) is 16.1. The number of carbonyl (C=O) groups excluding carboxylic acids is 1. The van der Waals surface area contributed by atoms with Gasteiger partial charge in [-0.25, -0.2) is 0 Å². The van der Waals surface area contributed by atoms with Gasteiger partial charge < -0.3 is 24.4 Å². The highest BCUT2D eigenvalue weighted by Crippen LogP contribution is 2.18. The lowest BCUT2D eigenvalue weighted by atomic mass is 9.97. The molecule has 7 nitrogen and oxygen atoms in total. The lowest BCUT2D eigenvalue weighted by Crippen LogP contribution is -2.46. The van der Waals surface area contributed by atoms with Crippen LogP contribution in [0.3, 0.4) is 0 Å². The normalized spacial score (nSPS) is 19.8. The van der Waals surface area contributed by atoms with E-state index in [0.717, 1.165) is 84.1 Å². The van der Waals surface area contributed by atoms with Gasteiger partial charge in [-0.05, 0) is 39.0 Å². The van der Waals surface area contributed by atoms with Gasteiger partial charge in [-0.1, -0.05) is 0 Å². The molecule has 0 aromatic heterocycles. The summed E-state index contributed by atoms with van der Waals surface area (Å²) in [7, 11) is 1.46. The minimum Gasteiger partial charge on any atom is -0.469 e. The van der Waals surface area contributed by atoms with Gasteiger partial charge in [-0.3, -0.25) is 9.79 Å². The number of rotatable bonds is 7. The molecular formula is C18H34IN3O4. The fraction of sp³-hybridized carbons (Fsp3) is 0.889. The van der Waals surface area contributed by atoms with Crippen LogP contribution in [-0.2, 0) is 19.0 Å². The molecule has 152 valence electrons. The minimum atomic E-state index is -0.0909. The molecule has 2 rings (SSSR count). The number of esters is 1. The summed E-state index contributed by atoms with van der Waals surface area (Å²) in [6, 6.07) is 0. The predicted molar refractivity (Wildman–Crippen MR) is 112 cm³/mol. The van der Waals surface area contributed by atoms with Crippen LogP contribution in [0.2, 0.25) is 0 Å². The Kier molecular flexibility index (Phi) is 12.2. The Hall–Kier alpha value is -0.610. The maximum Gasteiger partial charge on any atom is 0.308 e. The van der Waals surface area contributed by atoms with Crippen molar-refractivity contribution in [3.8, 4) is 0 Å².